The molecule has 4 nitrogen and oxygen atoms in total. The number of likely N-dealkylation sites (N-methyl/N-ethyl adjacent to an activating group) is 1. The normalized spacial score (nSPS) is 22.3. The third kappa shape index (κ3) is 3.81. The first-order valence-electron chi connectivity index (χ1n) is 7.09. The van der Waals surface area contributed by atoms with Crippen molar-refractivity contribution in [2.45, 2.75) is 33.0 Å². The molecular weight excluding hydrogens is 240 g/mol. The van der Waals surface area contributed by atoms with Crippen LogP contribution in [0.3, 0.4) is 0 Å². The van der Waals surface area contributed by atoms with Crippen LogP contribution in [0.2, 0.25) is 0 Å². The van der Waals surface area contributed by atoms with E-state index in [0.29, 0.717) is 18.6 Å². The predicted molar refractivity (Wildman–Crippen MR) is 76.0 cm³/mol. The van der Waals surface area contributed by atoms with Gasteiger partial charge >= 0.3 is 0 Å². The van der Waals surface area contributed by atoms with Crippen LogP contribution in [0.1, 0.15) is 25.4 Å². The van der Waals surface area contributed by atoms with E-state index in [9.17, 15) is 0 Å². The number of methoxy groups -OCH3 is 1. The topological polar surface area (TPSA) is 28.9 Å². The molecule has 0 radical (unpaired) electrons. The van der Waals surface area contributed by atoms with Crippen molar-refractivity contribution < 1.29 is 9.15 Å². The van der Waals surface area contributed by atoms with Crippen LogP contribution in [0.25, 0.3) is 0 Å². The van der Waals surface area contributed by atoms with Crippen molar-refractivity contribution in [1.29, 1.82) is 0 Å². The SMILES string of the molecule is COCc1ccc(CN2CCN(C)C[C@H]2C(C)C)o1. The highest BCUT2D eigenvalue weighted by atomic mass is 16.5. The molecule has 2 rings (SSSR count). The lowest BCUT2D eigenvalue weighted by atomic mass is 9.99. The second kappa shape index (κ2) is 6.55. The van der Waals surface area contributed by atoms with Gasteiger partial charge in [-0.2, -0.15) is 0 Å². The Morgan fingerprint density at radius 1 is 1.32 bits per heavy atom. The largest absolute Gasteiger partial charge is 0.462 e. The molecule has 0 N–H and O–H groups in total. The standard InChI is InChI=1S/C15H26N2O2/c1-12(2)15-10-16(3)7-8-17(15)9-13-5-6-14(19-13)11-18-4/h5-6,12,15H,7-11H2,1-4H3/t15-/m0/s1. The molecule has 108 valence electrons. The number of piperazine rings is 1. The van der Waals surface area contributed by atoms with Gasteiger partial charge in [0, 0.05) is 32.8 Å². The Hall–Kier alpha value is -0.840. The first kappa shape index (κ1) is 14.6. The molecule has 0 aromatic carbocycles. The van der Waals surface area contributed by atoms with Crippen LogP contribution in [0.5, 0.6) is 0 Å². The molecule has 0 unspecified atom stereocenters. The fourth-order valence-electron chi connectivity index (χ4n) is 2.75. The molecule has 0 spiro atoms. The molecule has 1 fully saturated rings. The molecule has 0 saturated carbocycles. The van der Waals surface area contributed by atoms with Gasteiger partial charge in [-0.25, -0.2) is 0 Å². The molecule has 1 aromatic heterocycles. The van der Waals surface area contributed by atoms with Gasteiger partial charge in [0.2, 0.25) is 0 Å². The summed E-state index contributed by atoms with van der Waals surface area (Å²) in [5, 5.41) is 0. The van der Waals surface area contributed by atoms with E-state index >= 15 is 0 Å². The lowest BCUT2D eigenvalue weighted by Gasteiger charge is -2.41. The Morgan fingerprint density at radius 2 is 2.05 bits per heavy atom. The van der Waals surface area contributed by atoms with Crippen LogP contribution >= 0.6 is 0 Å². The molecule has 4 heteroatoms. The van der Waals surface area contributed by atoms with Gasteiger partial charge in [-0.1, -0.05) is 13.8 Å². The van der Waals surface area contributed by atoms with E-state index in [2.05, 4.69) is 36.8 Å². The molecule has 2 heterocycles. The Morgan fingerprint density at radius 3 is 2.74 bits per heavy atom. The van der Waals surface area contributed by atoms with Gasteiger partial charge in [0.15, 0.2) is 0 Å². The van der Waals surface area contributed by atoms with Crippen molar-refractivity contribution in [2.75, 3.05) is 33.8 Å². The van der Waals surface area contributed by atoms with Gasteiger partial charge in [0.05, 0.1) is 6.54 Å². The molecule has 1 saturated heterocycles. The fraction of sp³-hybridized carbons (Fsp3) is 0.733. The minimum atomic E-state index is 0.552. The van der Waals surface area contributed by atoms with E-state index in [-0.39, 0.29) is 0 Å². The third-order valence-electron chi connectivity index (χ3n) is 3.87. The van der Waals surface area contributed by atoms with Gasteiger partial charge in [0.25, 0.3) is 0 Å². The van der Waals surface area contributed by atoms with E-state index in [4.69, 9.17) is 9.15 Å². The van der Waals surface area contributed by atoms with Crippen molar-refractivity contribution in [3.05, 3.63) is 23.7 Å². The zero-order valence-electron chi connectivity index (χ0n) is 12.6. The third-order valence-corrected chi connectivity index (χ3v) is 3.87. The summed E-state index contributed by atoms with van der Waals surface area (Å²) in [5.41, 5.74) is 0. The van der Waals surface area contributed by atoms with E-state index < -0.39 is 0 Å². The van der Waals surface area contributed by atoms with Crippen LogP contribution in [0.15, 0.2) is 16.5 Å². The van der Waals surface area contributed by atoms with Gasteiger partial charge in [-0.3, -0.25) is 4.90 Å². The van der Waals surface area contributed by atoms with E-state index in [1.807, 2.05) is 6.07 Å². The number of nitrogens with zero attached hydrogens (tertiary/aromatic N) is 2. The number of furan rings is 1. The van der Waals surface area contributed by atoms with Crippen molar-refractivity contribution in [2.24, 2.45) is 5.92 Å². The lowest BCUT2D eigenvalue weighted by molar-refractivity contribution is 0.0509. The second-order valence-corrected chi connectivity index (χ2v) is 5.85. The lowest BCUT2D eigenvalue weighted by Crippen LogP contribution is -2.53. The van der Waals surface area contributed by atoms with Gasteiger partial charge < -0.3 is 14.1 Å². The molecule has 19 heavy (non-hydrogen) atoms. The molecule has 1 aromatic rings. The average Bonchev–Trinajstić information content (AvgIpc) is 2.79. The summed E-state index contributed by atoms with van der Waals surface area (Å²) in [6, 6.07) is 4.69. The van der Waals surface area contributed by atoms with Gasteiger partial charge in [-0.05, 0) is 25.1 Å². The quantitative estimate of drug-likeness (QED) is 0.817. The number of rotatable bonds is 5. The van der Waals surface area contributed by atoms with Crippen molar-refractivity contribution in [3.8, 4) is 0 Å². The summed E-state index contributed by atoms with van der Waals surface area (Å²) in [6.07, 6.45) is 0. The molecule has 0 bridgehead atoms. The Labute approximate surface area is 116 Å². The molecule has 1 aliphatic rings. The first-order chi connectivity index (χ1) is 9.10. The van der Waals surface area contributed by atoms with Crippen molar-refractivity contribution >= 4 is 0 Å². The van der Waals surface area contributed by atoms with Crippen LogP contribution in [-0.4, -0.2) is 49.6 Å². The van der Waals surface area contributed by atoms with Crippen molar-refractivity contribution in [3.63, 3.8) is 0 Å². The molecular formula is C15H26N2O2. The number of hydrogen-bond donors (Lipinski definition) is 0. The smallest absolute Gasteiger partial charge is 0.129 e. The van der Waals surface area contributed by atoms with Crippen LogP contribution in [0.4, 0.5) is 0 Å². The van der Waals surface area contributed by atoms with Gasteiger partial charge in [0.1, 0.15) is 18.1 Å². The summed E-state index contributed by atoms with van der Waals surface area (Å²) in [7, 11) is 3.90. The highest BCUT2D eigenvalue weighted by Crippen LogP contribution is 2.20. The van der Waals surface area contributed by atoms with Crippen molar-refractivity contribution in [1.82, 2.24) is 9.80 Å². The van der Waals surface area contributed by atoms with E-state index in [0.717, 1.165) is 37.7 Å². The minimum absolute atomic E-state index is 0.552. The monoisotopic (exact) mass is 266 g/mol. The Balaban J connectivity index is 1.99. The molecule has 1 atom stereocenters. The highest BCUT2D eigenvalue weighted by molar-refractivity contribution is 5.07. The summed E-state index contributed by atoms with van der Waals surface area (Å²) in [4.78, 5) is 4.96. The summed E-state index contributed by atoms with van der Waals surface area (Å²) < 4.78 is 10.9. The zero-order chi connectivity index (χ0) is 13.8. The highest BCUT2D eigenvalue weighted by Gasteiger charge is 2.28. The summed E-state index contributed by atoms with van der Waals surface area (Å²) >= 11 is 0. The van der Waals surface area contributed by atoms with Gasteiger partial charge in [-0.15, -0.1) is 0 Å². The number of hydrogen-bond acceptors (Lipinski definition) is 4. The van der Waals surface area contributed by atoms with E-state index in [1.165, 1.54) is 0 Å². The average molecular weight is 266 g/mol. The number of ether oxygens (including phenoxy) is 1. The maximum absolute atomic E-state index is 5.80. The molecule has 0 amide bonds. The molecule has 1 aliphatic heterocycles. The van der Waals surface area contributed by atoms with E-state index in [1.54, 1.807) is 7.11 Å². The Kier molecular flexibility index (Phi) is 5.02. The summed E-state index contributed by atoms with van der Waals surface area (Å²) in [5.74, 6) is 2.62. The minimum Gasteiger partial charge on any atom is -0.462 e. The van der Waals surface area contributed by atoms with Crippen LogP contribution < -0.4 is 0 Å². The first-order valence-corrected chi connectivity index (χ1v) is 7.09. The zero-order valence-corrected chi connectivity index (χ0v) is 12.6. The Bertz CT molecular complexity index is 389. The predicted octanol–water partition coefficient (Wildman–Crippen LogP) is 2.20. The fourth-order valence-corrected chi connectivity index (χ4v) is 2.75. The summed E-state index contributed by atoms with van der Waals surface area (Å²) in [6.45, 7) is 9.44. The van der Waals surface area contributed by atoms with Crippen LogP contribution in [0, 0.1) is 5.92 Å². The maximum atomic E-state index is 5.80. The maximum Gasteiger partial charge on any atom is 0.129 e. The second-order valence-electron chi connectivity index (χ2n) is 5.85. The molecule has 0 aliphatic carbocycles. The van der Waals surface area contributed by atoms with Crippen LogP contribution in [-0.2, 0) is 17.9 Å².